The van der Waals surface area contributed by atoms with Crippen molar-refractivity contribution < 1.29 is 18.7 Å². The van der Waals surface area contributed by atoms with E-state index < -0.39 is 19.0 Å². The normalized spacial score (nSPS) is 12.2. The van der Waals surface area contributed by atoms with Crippen LogP contribution in [0.25, 0.3) is 0 Å². The molecule has 2 rings (SSSR count). The van der Waals surface area contributed by atoms with Gasteiger partial charge in [-0.25, -0.2) is 13.6 Å². The molecule has 2 amide bonds. The zero-order chi connectivity index (χ0) is 16.7. The topological polar surface area (TPSA) is 79.2 Å². The first-order valence-electron chi connectivity index (χ1n) is 7.12. The van der Waals surface area contributed by atoms with Crippen LogP contribution in [0.1, 0.15) is 18.0 Å². The molecule has 6 nitrogen and oxygen atoms in total. The maximum atomic E-state index is 12.3. The molecule has 0 fully saturated rings. The van der Waals surface area contributed by atoms with E-state index in [9.17, 15) is 13.6 Å². The van der Waals surface area contributed by atoms with Gasteiger partial charge in [-0.1, -0.05) is 30.3 Å². The number of nitrogens with one attached hydrogen (secondary N) is 2. The second-order valence-corrected chi connectivity index (χ2v) is 4.92. The third-order valence-electron chi connectivity index (χ3n) is 3.14. The van der Waals surface area contributed by atoms with Crippen molar-refractivity contribution in [3.63, 3.8) is 0 Å². The SMILES string of the molecule is O=C(Nc1cnn(CC(F)F)c1)N[C@H](CCO)c1ccccc1. The second-order valence-electron chi connectivity index (χ2n) is 4.92. The van der Waals surface area contributed by atoms with Crippen molar-refractivity contribution in [3.05, 3.63) is 48.3 Å². The number of nitrogens with zero attached hydrogens (tertiary/aromatic N) is 2. The summed E-state index contributed by atoms with van der Waals surface area (Å²) in [6.45, 7) is -0.605. The quantitative estimate of drug-likeness (QED) is 0.732. The third kappa shape index (κ3) is 5.33. The molecule has 0 spiro atoms. The molecule has 0 radical (unpaired) electrons. The maximum Gasteiger partial charge on any atom is 0.319 e. The highest BCUT2D eigenvalue weighted by Gasteiger charge is 2.14. The van der Waals surface area contributed by atoms with Gasteiger partial charge < -0.3 is 15.7 Å². The van der Waals surface area contributed by atoms with Gasteiger partial charge in [0.15, 0.2) is 0 Å². The Morgan fingerprint density at radius 2 is 2.04 bits per heavy atom. The molecule has 23 heavy (non-hydrogen) atoms. The van der Waals surface area contributed by atoms with Gasteiger partial charge in [0.2, 0.25) is 0 Å². The molecule has 0 saturated carbocycles. The number of aliphatic hydroxyl groups is 1. The fraction of sp³-hybridized carbons (Fsp3) is 0.333. The van der Waals surface area contributed by atoms with E-state index >= 15 is 0 Å². The molecule has 2 aromatic rings. The molecule has 1 heterocycles. The van der Waals surface area contributed by atoms with Crippen LogP contribution in [0, 0.1) is 0 Å². The van der Waals surface area contributed by atoms with Crippen molar-refractivity contribution in [2.24, 2.45) is 0 Å². The second kappa shape index (κ2) is 8.23. The van der Waals surface area contributed by atoms with E-state index in [1.165, 1.54) is 12.4 Å². The van der Waals surface area contributed by atoms with Crippen molar-refractivity contribution in [1.82, 2.24) is 15.1 Å². The Labute approximate surface area is 132 Å². The van der Waals surface area contributed by atoms with E-state index in [1.54, 1.807) is 0 Å². The Bertz CT molecular complexity index is 619. The minimum absolute atomic E-state index is 0.0772. The lowest BCUT2D eigenvalue weighted by molar-refractivity contribution is 0.122. The third-order valence-corrected chi connectivity index (χ3v) is 3.14. The minimum Gasteiger partial charge on any atom is -0.396 e. The summed E-state index contributed by atoms with van der Waals surface area (Å²) in [6.07, 6.45) is 0.478. The van der Waals surface area contributed by atoms with Crippen LogP contribution in [0.4, 0.5) is 19.3 Å². The van der Waals surface area contributed by atoms with Gasteiger partial charge in [0.25, 0.3) is 6.43 Å². The summed E-state index contributed by atoms with van der Waals surface area (Å²) < 4.78 is 25.6. The number of aromatic nitrogens is 2. The molecule has 1 atom stereocenters. The number of benzene rings is 1. The number of aliphatic hydroxyl groups excluding tert-OH is 1. The zero-order valence-electron chi connectivity index (χ0n) is 12.3. The van der Waals surface area contributed by atoms with Crippen LogP contribution in [-0.2, 0) is 6.54 Å². The van der Waals surface area contributed by atoms with E-state index in [4.69, 9.17) is 5.11 Å². The lowest BCUT2D eigenvalue weighted by atomic mass is 10.0. The van der Waals surface area contributed by atoms with Crippen LogP contribution >= 0.6 is 0 Å². The summed E-state index contributed by atoms with van der Waals surface area (Å²) in [5.74, 6) is 0. The lowest BCUT2D eigenvalue weighted by Gasteiger charge is -2.18. The highest BCUT2D eigenvalue weighted by molar-refractivity contribution is 5.89. The molecular weight excluding hydrogens is 306 g/mol. The number of carbonyl (C=O) groups is 1. The molecular formula is C15H18F2N4O2. The number of carbonyl (C=O) groups excluding carboxylic acids is 1. The average molecular weight is 324 g/mol. The van der Waals surface area contributed by atoms with E-state index in [0.29, 0.717) is 12.1 Å². The van der Waals surface area contributed by atoms with Crippen molar-refractivity contribution in [1.29, 1.82) is 0 Å². The zero-order valence-corrected chi connectivity index (χ0v) is 12.3. The molecule has 0 saturated heterocycles. The van der Waals surface area contributed by atoms with E-state index in [1.807, 2.05) is 30.3 Å². The molecule has 1 aromatic heterocycles. The van der Waals surface area contributed by atoms with Gasteiger partial charge >= 0.3 is 6.03 Å². The molecule has 0 bridgehead atoms. The minimum atomic E-state index is -2.51. The predicted molar refractivity (Wildman–Crippen MR) is 81.3 cm³/mol. The summed E-state index contributed by atoms with van der Waals surface area (Å²) in [5.41, 5.74) is 1.18. The first kappa shape index (κ1) is 16.9. The molecule has 3 N–H and O–H groups in total. The van der Waals surface area contributed by atoms with Crippen LogP contribution in [0.2, 0.25) is 0 Å². The lowest BCUT2D eigenvalue weighted by Crippen LogP contribution is -2.33. The molecule has 124 valence electrons. The first-order chi connectivity index (χ1) is 11.1. The van der Waals surface area contributed by atoms with E-state index in [0.717, 1.165) is 10.2 Å². The number of amides is 2. The summed E-state index contributed by atoms with van der Waals surface area (Å²) in [4.78, 5) is 12.0. The maximum absolute atomic E-state index is 12.3. The Hall–Kier alpha value is -2.48. The number of halogens is 2. The molecule has 0 aliphatic carbocycles. The monoisotopic (exact) mass is 324 g/mol. The smallest absolute Gasteiger partial charge is 0.319 e. The Morgan fingerprint density at radius 3 is 2.70 bits per heavy atom. The van der Waals surface area contributed by atoms with Crippen LogP contribution in [0.15, 0.2) is 42.7 Å². The van der Waals surface area contributed by atoms with Crippen LogP contribution in [0.5, 0.6) is 0 Å². The number of alkyl halides is 2. The number of anilines is 1. The van der Waals surface area contributed by atoms with Gasteiger partial charge in [0, 0.05) is 12.8 Å². The largest absolute Gasteiger partial charge is 0.396 e. The van der Waals surface area contributed by atoms with Crippen LogP contribution in [0.3, 0.4) is 0 Å². The van der Waals surface area contributed by atoms with Gasteiger partial charge in [-0.3, -0.25) is 4.68 Å². The summed E-state index contributed by atoms with van der Waals surface area (Å²) >= 11 is 0. The fourth-order valence-electron chi connectivity index (χ4n) is 2.13. The highest BCUT2D eigenvalue weighted by Crippen LogP contribution is 2.16. The van der Waals surface area contributed by atoms with Crippen LogP contribution in [-0.4, -0.2) is 34.0 Å². The first-order valence-corrected chi connectivity index (χ1v) is 7.12. The number of urea groups is 1. The van der Waals surface area contributed by atoms with Gasteiger partial charge in [-0.15, -0.1) is 0 Å². The summed E-state index contributed by atoms with van der Waals surface area (Å²) in [6, 6.07) is 8.39. The Kier molecular flexibility index (Phi) is 6.04. The van der Waals surface area contributed by atoms with Crippen molar-refractivity contribution in [2.45, 2.75) is 25.4 Å². The molecule has 1 aromatic carbocycles. The molecule has 8 heteroatoms. The molecule has 0 unspecified atom stereocenters. The number of rotatable bonds is 7. The molecule has 0 aliphatic heterocycles. The van der Waals surface area contributed by atoms with Gasteiger partial charge in [0.1, 0.15) is 6.54 Å². The van der Waals surface area contributed by atoms with E-state index in [2.05, 4.69) is 15.7 Å². The molecule has 0 aliphatic rings. The predicted octanol–water partition coefficient (Wildman–Crippen LogP) is 2.39. The summed E-state index contributed by atoms with van der Waals surface area (Å²) in [5, 5.41) is 18.1. The Balaban J connectivity index is 1.95. The van der Waals surface area contributed by atoms with Gasteiger partial charge in [0.05, 0.1) is 17.9 Å². The van der Waals surface area contributed by atoms with Crippen molar-refractivity contribution in [3.8, 4) is 0 Å². The number of hydrogen-bond donors (Lipinski definition) is 3. The van der Waals surface area contributed by atoms with E-state index in [-0.39, 0.29) is 12.6 Å². The highest BCUT2D eigenvalue weighted by atomic mass is 19.3. The fourth-order valence-corrected chi connectivity index (χ4v) is 2.13. The van der Waals surface area contributed by atoms with Crippen molar-refractivity contribution in [2.75, 3.05) is 11.9 Å². The van der Waals surface area contributed by atoms with Gasteiger partial charge in [-0.2, -0.15) is 5.10 Å². The van der Waals surface area contributed by atoms with Crippen molar-refractivity contribution >= 4 is 11.7 Å². The number of hydrogen-bond acceptors (Lipinski definition) is 3. The Morgan fingerprint density at radius 1 is 1.30 bits per heavy atom. The van der Waals surface area contributed by atoms with Crippen LogP contribution < -0.4 is 10.6 Å². The van der Waals surface area contributed by atoms with Gasteiger partial charge in [-0.05, 0) is 12.0 Å². The average Bonchev–Trinajstić information content (AvgIpc) is 2.93. The standard InChI is InChI=1S/C15H18F2N4O2/c16-14(17)10-21-9-12(8-18-21)19-15(23)20-13(6-7-22)11-4-2-1-3-5-11/h1-5,8-9,13-14,22H,6-7,10H2,(H2,19,20,23)/t13-/m1/s1. The summed E-state index contributed by atoms with van der Waals surface area (Å²) in [7, 11) is 0.